The minimum Gasteiger partial charge on any atom is -0.393 e. The molecule has 0 radical (unpaired) electrons. The first-order valence-electron chi connectivity index (χ1n) is 6.75. The standard InChI is InChI=1S/C16H24O/c1-12-9-10-14(15(17)11-12)16(2,3)13-7-5-4-6-8-13/h4-8,12,14-15,17H,9-11H2,1-3H3/t12?,14-,15?/m1/s1. The summed E-state index contributed by atoms with van der Waals surface area (Å²) in [6.07, 6.45) is 3.21. The summed E-state index contributed by atoms with van der Waals surface area (Å²) in [5, 5.41) is 10.3. The summed E-state index contributed by atoms with van der Waals surface area (Å²) in [7, 11) is 0. The lowest BCUT2D eigenvalue weighted by atomic mass is 9.64. The van der Waals surface area contributed by atoms with Crippen LogP contribution < -0.4 is 0 Å². The molecule has 1 aliphatic carbocycles. The van der Waals surface area contributed by atoms with Gasteiger partial charge in [0, 0.05) is 0 Å². The Morgan fingerprint density at radius 2 is 1.76 bits per heavy atom. The van der Waals surface area contributed by atoms with Crippen molar-refractivity contribution >= 4 is 0 Å². The minimum atomic E-state index is -0.144. The Morgan fingerprint density at radius 1 is 1.12 bits per heavy atom. The van der Waals surface area contributed by atoms with Crippen LogP contribution in [0.25, 0.3) is 0 Å². The number of benzene rings is 1. The van der Waals surface area contributed by atoms with Gasteiger partial charge in [-0.05, 0) is 35.7 Å². The highest BCUT2D eigenvalue weighted by atomic mass is 16.3. The number of hydrogen-bond donors (Lipinski definition) is 1. The molecule has 1 heteroatoms. The lowest BCUT2D eigenvalue weighted by molar-refractivity contribution is 0.0143. The normalized spacial score (nSPS) is 30.2. The molecule has 3 atom stereocenters. The van der Waals surface area contributed by atoms with Crippen LogP contribution in [-0.4, -0.2) is 11.2 Å². The van der Waals surface area contributed by atoms with Crippen LogP contribution >= 0.6 is 0 Å². The Morgan fingerprint density at radius 3 is 2.35 bits per heavy atom. The molecule has 0 saturated heterocycles. The van der Waals surface area contributed by atoms with Crippen molar-refractivity contribution in [3.63, 3.8) is 0 Å². The molecule has 1 aliphatic rings. The Bertz CT molecular complexity index is 355. The van der Waals surface area contributed by atoms with Crippen LogP contribution in [0.15, 0.2) is 30.3 Å². The summed E-state index contributed by atoms with van der Waals surface area (Å²) in [5.74, 6) is 1.06. The number of hydrogen-bond acceptors (Lipinski definition) is 1. The fourth-order valence-electron chi connectivity index (χ4n) is 3.27. The van der Waals surface area contributed by atoms with Gasteiger partial charge in [-0.3, -0.25) is 0 Å². The molecule has 1 nitrogen and oxygen atoms in total. The first kappa shape index (κ1) is 12.6. The molecular weight excluding hydrogens is 208 g/mol. The van der Waals surface area contributed by atoms with Crippen molar-refractivity contribution in [1.82, 2.24) is 0 Å². The summed E-state index contributed by atoms with van der Waals surface area (Å²) in [4.78, 5) is 0. The van der Waals surface area contributed by atoms with Crippen molar-refractivity contribution in [3.05, 3.63) is 35.9 Å². The second-order valence-electron chi connectivity index (χ2n) is 6.18. The third kappa shape index (κ3) is 2.55. The second-order valence-corrected chi connectivity index (χ2v) is 6.18. The predicted octanol–water partition coefficient (Wildman–Crippen LogP) is 3.76. The van der Waals surface area contributed by atoms with E-state index in [1.807, 2.05) is 0 Å². The topological polar surface area (TPSA) is 20.2 Å². The predicted molar refractivity (Wildman–Crippen MR) is 72.0 cm³/mol. The lowest BCUT2D eigenvalue weighted by Crippen LogP contribution is -2.41. The van der Waals surface area contributed by atoms with Gasteiger partial charge in [0.2, 0.25) is 0 Å². The number of rotatable bonds is 2. The van der Waals surface area contributed by atoms with Gasteiger partial charge in [0.15, 0.2) is 0 Å². The fourth-order valence-corrected chi connectivity index (χ4v) is 3.27. The molecule has 2 unspecified atom stereocenters. The third-order valence-corrected chi connectivity index (χ3v) is 4.52. The van der Waals surface area contributed by atoms with E-state index in [9.17, 15) is 5.11 Å². The van der Waals surface area contributed by atoms with Gasteiger partial charge in [-0.2, -0.15) is 0 Å². The van der Waals surface area contributed by atoms with E-state index < -0.39 is 0 Å². The Balaban J connectivity index is 2.21. The average Bonchev–Trinajstić information content (AvgIpc) is 2.29. The van der Waals surface area contributed by atoms with Crippen LogP contribution in [0, 0.1) is 11.8 Å². The van der Waals surface area contributed by atoms with Crippen molar-refractivity contribution in [2.45, 2.75) is 51.6 Å². The molecule has 1 saturated carbocycles. The van der Waals surface area contributed by atoms with E-state index in [0.717, 1.165) is 12.8 Å². The first-order valence-corrected chi connectivity index (χ1v) is 6.75. The molecular formula is C16H24O. The van der Waals surface area contributed by atoms with Crippen LogP contribution in [-0.2, 0) is 5.41 Å². The molecule has 1 fully saturated rings. The zero-order valence-corrected chi connectivity index (χ0v) is 11.2. The van der Waals surface area contributed by atoms with E-state index in [2.05, 4.69) is 51.1 Å². The first-order chi connectivity index (χ1) is 8.01. The van der Waals surface area contributed by atoms with E-state index in [4.69, 9.17) is 0 Å². The van der Waals surface area contributed by atoms with Gasteiger partial charge in [-0.1, -0.05) is 57.5 Å². The maximum absolute atomic E-state index is 10.3. The minimum absolute atomic E-state index is 0.0703. The smallest absolute Gasteiger partial charge is 0.0579 e. The molecule has 0 amide bonds. The Hall–Kier alpha value is -0.820. The molecule has 17 heavy (non-hydrogen) atoms. The van der Waals surface area contributed by atoms with E-state index in [1.165, 1.54) is 12.0 Å². The highest BCUT2D eigenvalue weighted by Gasteiger charge is 2.38. The molecule has 1 aromatic carbocycles. The highest BCUT2D eigenvalue weighted by Crippen LogP contribution is 2.42. The maximum Gasteiger partial charge on any atom is 0.0579 e. The van der Waals surface area contributed by atoms with Gasteiger partial charge in [0.25, 0.3) is 0 Å². The molecule has 0 heterocycles. The SMILES string of the molecule is CC1CC[C@@H](C(C)(C)c2ccccc2)C(O)C1. The van der Waals surface area contributed by atoms with Crippen LogP contribution in [0.3, 0.4) is 0 Å². The lowest BCUT2D eigenvalue weighted by Gasteiger charge is -2.42. The molecule has 0 aliphatic heterocycles. The van der Waals surface area contributed by atoms with Gasteiger partial charge in [0.05, 0.1) is 6.10 Å². The van der Waals surface area contributed by atoms with Crippen molar-refractivity contribution in [2.75, 3.05) is 0 Å². The van der Waals surface area contributed by atoms with Gasteiger partial charge >= 0.3 is 0 Å². The molecule has 0 spiro atoms. The van der Waals surface area contributed by atoms with Crippen molar-refractivity contribution in [2.24, 2.45) is 11.8 Å². The van der Waals surface area contributed by atoms with Gasteiger partial charge in [0.1, 0.15) is 0 Å². The van der Waals surface area contributed by atoms with Gasteiger partial charge in [-0.25, -0.2) is 0 Å². The van der Waals surface area contributed by atoms with E-state index in [-0.39, 0.29) is 11.5 Å². The summed E-state index contributed by atoms with van der Waals surface area (Å²) < 4.78 is 0. The molecule has 1 N–H and O–H groups in total. The number of aliphatic hydroxyl groups is 1. The van der Waals surface area contributed by atoms with Crippen LogP contribution in [0.2, 0.25) is 0 Å². The van der Waals surface area contributed by atoms with Crippen LogP contribution in [0.4, 0.5) is 0 Å². The van der Waals surface area contributed by atoms with Gasteiger partial charge in [-0.15, -0.1) is 0 Å². The Kier molecular flexibility index (Phi) is 3.58. The zero-order valence-electron chi connectivity index (χ0n) is 11.2. The highest BCUT2D eigenvalue weighted by molar-refractivity contribution is 5.25. The summed E-state index contributed by atoms with van der Waals surface area (Å²) in [6, 6.07) is 10.6. The largest absolute Gasteiger partial charge is 0.393 e. The summed E-state index contributed by atoms with van der Waals surface area (Å²) in [6.45, 7) is 6.79. The second kappa shape index (κ2) is 4.81. The monoisotopic (exact) mass is 232 g/mol. The van der Waals surface area contributed by atoms with Crippen molar-refractivity contribution in [3.8, 4) is 0 Å². The Labute approximate surface area is 105 Å². The summed E-state index contributed by atoms with van der Waals surface area (Å²) >= 11 is 0. The molecule has 1 aromatic rings. The van der Waals surface area contributed by atoms with E-state index in [0.29, 0.717) is 11.8 Å². The van der Waals surface area contributed by atoms with Crippen LogP contribution in [0.5, 0.6) is 0 Å². The average molecular weight is 232 g/mol. The van der Waals surface area contributed by atoms with Gasteiger partial charge < -0.3 is 5.11 Å². The van der Waals surface area contributed by atoms with Crippen LogP contribution in [0.1, 0.15) is 45.6 Å². The summed E-state index contributed by atoms with van der Waals surface area (Å²) in [5.41, 5.74) is 1.42. The fraction of sp³-hybridized carbons (Fsp3) is 0.625. The molecule has 2 rings (SSSR count). The maximum atomic E-state index is 10.3. The van der Waals surface area contributed by atoms with Crippen molar-refractivity contribution in [1.29, 1.82) is 0 Å². The zero-order chi connectivity index (χ0) is 12.5. The van der Waals surface area contributed by atoms with E-state index >= 15 is 0 Å². The molecule has 0 bridgehead atoms. The van der Waals surface area contributed by atoms with Crippen molar-refractivity contribution < 1.29 is 5.11 Å². The third-order valence-electron chi connectivity index (χ3n) is 4.52. The molecule has 0 aromatic heterocycles. The molecule has 94 valence electrons. The van der Waals surface area contributed by atoms with E-state index in [1.54, 1.807) is 0 Å². The quantitative estimate of drug-likeness (QED) is 0.823. The number of aliphatic hydroxyl groups excluding tert-OH is 1.